The summed E-state index contributed by atoms with van der Waals surface area (Å²) in [4.78, 5) is 20.7. The average molecular weight is 377 g/mol. The van der Waals surface area contributed by atoms with Crippen LogP contribution in [0.2, 0.25) is 0 Å². The topological polar surface area (TPSA) is 58.8 Å². The van der Waals surface area contributed by atoms with Gasteiger partial charge in [0.15, 0.2) is 0 Å². The molecule has 0 spiro atoms. The number of methoxy groups -OCH3 is 1. The highest BCUT2D eigenvalue weighted by Crippen LogP contribution is 2.24. The first-order valence-corrected chi connectivity index (χ1v) is 9.00. The molecule has 6 nitrogen and oxygen atoms in total. The van der Waals surface area contributed by atoms with Gasteiger partial charge in [-0.2, -0.15) is 0 Å². The van der Waals surface area contributed by atoms with E-state index in [1.165, 1.54) is 12.1 Å². The van der Waals surface area contributed by atoms with Gasteiger partial charge < -0.3 is 14.1 Å². The van der Waals surface area contributed by atoms with Crippen LogP contribution in [0.25, 0.3) is 0 Å². The molecule has 1 saturated heterocycles. The largest absolute Gasteiger partial charge is 0.437 e. The summed E-state index contributed by atoms with van der Waals surface area (Å²) in [7, 11) is 1.64. The monoisotopic (exact) mass is 377 g/mol. The van der Waals surface area contributed by atoms with Crippen LogP contribution in [0, 0.1) is 11.6 Å². The van der Waals surface area contributed by atoms with Gasteiger partial charge in [0, 0.05) is 57.9 Å². The first-order chi connectivity index (χ1) is 13.0. The summed E-state index contributed by atoms with van der Waals surface area (Å²) in [5, 5.41) is 0. The van der Waals surface area contributed by atoms with Crippen molar-refractivity contribution in [3.8, 4) is 0 Å². The highest BCUT2D eigenvalue weighted by Gasteiger charge is 2.31. The van der Waals surface area contributed by atoms with Crippen molar-refractivity contribution in [1.29, 1.82) is 0 Å². The van der Waals surface area contributed by atoms with Crippen LogP contribution in [0.1, 0.15) is 34.1 Å². The van der Waals surface area contributed by atoms with E-state index in [-0.39, 0.29) is 17.9 Å². The van der Waals surface area contributed by atoms with Crippen molar-refractivity contribution >= 4 is 5.91 Å². The number of amides is 1. The van der Waals surface area contributed by atoms with Crippen molar-refractivity contribution in [1.82, 2.24) is 14.8 Å². The van der Waals surface area contributed by atoms with Gasteiger partial charge >= 0.3 is 5.91 Å². The number of benzene rings is 1. The number of nitrogens with zero attached hydrogens (tertiary/aromatic N) is 3. The lowest BCUT2D eigenvalue weighted by atomic mass is 10.1. The minimum Gasteiger partial charge on any atom is -0.437 e. The highest BCUT2D eigenvalue weighted by atomic mass is 19.1. The molecule has 3 heterocycles. The van der Waals surface area contributed by atoms with Gasteiger partial charge in [0.2, 0.25) is 0 Å². The average Bonchev–Trinajstić information content (AvgIpc) is 3.30. The molecule has 4 rings (SSSR count). The second-order valence-electron chi connectivity index (χ2n) is 6.98. The molecule has 1 unspecified atom stereocenters. The second-order valence-corrected chi connectivity index (χ2v) is 6.98. The number of carbonyl (C=O) groups excluding carboxylic acids is 1. The van der Waals surface area contributed by atoms with E-state index in [0.29, 0.717) is 56.2 Å². The summed E-state index contributed by atoms with van der Waals surface area (Å²) in [6.07, 6.45) is 1.46. The molecule has 0 N–H and O–H groups in total. The van der Waals surface area contributed by atoms with Crippen LogP contribution in [0.5, 0.6) is 0 Å². The lowest BCUT2D eigenvalue weighted by molar-refractivity contribution is 0.0687. The van der Waals surface area contributed by atoms with Gasteiger partial charge in [-0.15, -0.1) is 0 Å². The molecule has 1 fully saturated rings. The minimum absolute atomic E-state index is 0.0552. The van der Waals surface area contributed by atoms with Crippen LogP contribution >= 0.6 is 0 Å². The summed E-state index contributed by atoms with van der Waals surface area (Å²) in [6, 6.07) is 3.60. The molecule has 1 amide bonds. The number of fused-ring (bicyclic) bond motifs is 1. The molecule has 27 heavy (non-hydrogen) atoms. The molecule has 0 saturated carbocycles. The molecule has 2 aliphatic rings. The Morgan fingerprint density at radius 1 is 1.37 bits per heavy atom. The number of likely N-dealkylation sites (tertiary alicyclic amines) is 1. The molecule has 0 radical (unpaired) electrons. The van der Waals surface area contributed by atoms with Crippen LogP contribution in [0.4, 0.5) is 8.78 Å². The van der Waals surface area contributed by atoms with Gasteiger partial charge in [-0.25, -0.2) is 13.8 Å². The number of rotatable bonds is 4. The number of aromatic nitrogens is 1. The van der Waals surface area contributed by atoms with Crippen molar-refractivity contribution in [2.45, 2.75) is 32.0 Å². The minimum atomic E-state index is -0.588. The summed E-state index contributed by atoms with van der Waals surface area (Å²) in [6.45, 7) is 2.63. The van der Waals surface area contributed by atoms with E-state index in [4.69, 9.17) is 9.15 Å². The van der Waals surface area contributed by atoms with Crippen LogP contribution in [-0.4, -0.2) is 53.5 Å². The quantitative estimate of drug-likeness (QED) is 0.819. The maximum atomic E-state index is 13.9. The standard InChI is InChI=1S/C19H21F2N3O3/c1-26-14-4-7-24(10-14)19(25)18-22-16-11-23(6-5-17(16)27-18)9-12-2-3-13(20)8-15(12)21/h2-3,8,14H,4-7,9-11H2,1H3. The first kappa shape index (κ1) is 18.1. The lowest BCUT2D eigenvalue weighted by Gasteiger charge is -2.25. The zero-order valence-electron chi connectivity index (χ0n) is 15.1. The SMILES string of the molecule is COC1CCN(C(=O)c2nc3c(o2)CCN(Cc2ccc(F)cc2F)C3)C1. The van der Waals surface area contributed by atoms with Gasteiger partial charge in [-0.3, -0.25) is 9.69 Å². The van der Waals surface area contributed by atoms with E-state index in [0.717, 1.165) is 12.5 Å². The Kier molecular flexibility index (Phi) is 4.92. The van der Waals surface area contributed by atoms with E-state index in [2.05, 4.69) is 4.98 Å². The van der Waals surface area contributed by atoms with Gasteiger partial charge in [-0.05, 0) is 12.5 Å². The molecular formula is C19H21F2N3O3. The van der Waals surface area contributed by atoms with E-state index >= 15 is 0 Å². The van der Waals surface area contributed by atoms with Crippen LogP contribution in [0.15, 0.2) is 22.6 Å². The third-order valence-electron chi connectivity index (χ3n) is 5.16. The molecule has 0 bridgehead atoms. The summed E-state index contributed by atoms with van der Waals surface area (Å²) >= 11 is 0. The van der Waals surface area contributed by atoms with Gasteiger partial charge in [-0.1, -0.05) is 6.07 Å². The number of carbonyl (C=O) groups is 1. The molecule has 1 atom stereocenters. The number of ether oxygens (including phenoxy) is 1. The van der Waals surface area contributed by atoms with Crippen molar-refractivity contribution in [2.24, 2.45) is 0 Å². The van der Waals surface area contributed by atoms with Crippen molar-refractivity contribution in [2.75, 3.05) is 26.7 Å². The van der Waals surface area contributed by atoms with Gasteiger partial charge in [0.25, 0.3) is 5.89 Å². The van der Waals surface area contributed by atoms with Crippen LogP contribution < -0.4 is 0 Å². The van der Waals surface area contributed by atoms with E-state index in [9.17, 15) is 13.6 Å². The normalized spacial score (nSPS) is 20.1. The molecular weight excluding hydrogens is 356 g/mol. The van der Waals surface area contributed by atoms with E-state index in [1.807, 2.05) is 4.90 Å². The Hall–Kier alpha value is -2.32. The van der Waals surface area contributed by atoms with Gasteiger partial charge in [0.1, 0.15) is 17.4 Å². The number of hydrogen-bond donors (Lipinski definition) is 0. The highest BCUT2D eigenvalue weighted by molar-refractivity contribution is 5.90. The maximum absolute atomic E-state index is 13.9. The van der Waals surface area contributed by atoms with Crippen LogP contribution in [0.3, 0.4) is 0 Å². The Bertz CT molecular complexity index is 855. The van der Waals surface area contributed by atoms with Crippen molar-refractivity contribution in [3.05, 3.63) is 52.7 Å². The third kappa shape index (κ3) is 3.72. The molecule has 144 valence electrons. The number of halogens is 2. The van der Waals surface area contributed by atoms with Crippen molar-refractivity contribution in [3.63, 3.8) is 0 Å². The summed E-state index contributed by atoms with van der Waals surface area (Å²) in [5.74, 6) is -0.559. The smallest absolute Gasteiger partial charge is 0.309 e. The fourth-order valence-corrected chi connectivity index (χ4v) is 3.61. The summed E-state index contributed by atoms with van der Waals surface area (Å²) in [5.41, 5.74) is 1.14. The van der Waals surface area contributed by atoms with Gasteiger partial charge in [0.05, 0.1) is 11.8 Å². The zero-order valence-corrected chi connectivity index (χ0v) is 15.1. The molecule has 2 aromatic rings. The third-order valence-corrected chi connectivity index (χ3v) is 5.16. The fourth-order valence-electron chi connectivity index (χ4n) is 3.61. The Balaban J connectivity index is 1.44. The summed E-state index contributed by atoms with van der Waals surface area (Å²) < 4.78 is 37.9. The van der Waals surface area contributed by atoms with Crippen molar-refractivity contribution < 1.29 is 22.7 Å². The van der Waals surface area contributed by atoms with E-state index < -0.39 is 11.6 Å². The number of oxazole rings is 1. The molecule has 1 aromatic carbocycles. The molecule has 8 heteroatoms. The zero-order chi connectivity index (χ0) is 19.0. The molecule has 2 aliphatic heterocycles. The maximum Gasteiger partial charge on any atom is 0.309 e. The second kappa shape index (κ2) is 7.36. The van der Waals surface area contributed by atoms with E-state index in [1.54, 1.807) is 12.0 Å². The Morgan fingerprint density at radius 3 is 2.96 bits per heavy atom. The molecule has 1 aromatic heterocycles. The lowest BCUT2D eigenvalue weighted by Crippen LogP contribution is -2.30. The van der Waals surface area contributed by atoms with Crippen LogP contribution in [-0.2, 0) is 24.2 Å². The predicted molar refractivity (Wildman–Crippen MR) is 92.0 cm³/mol. The first-order valence-electron chi connectivity index (χ1n) is 9.00. The predicted octanol–water partition coefficient (Wildman–Crippen LogP) is 2.37. The fraction of sp³-hybridized carbons (Fsp3) is 0.474. The Labute approximate surface area is 155 Å². The molecule has 0 aliphatic carbocycles. The number of hydrogen-bond acceptors (Lipinski definition) is 5. The Morgan fingerprint density at radius 2 is 2.22 bits per heavy atom.